The van der Waals surface area contributed by atoms with E-state index in [0.717, 1.165) is 183 Å². The van der Waals surface area contributed by atoms with Gasteiger partial charge in [0.05, 0.1) is 117 Å². The lowest BCUT2D eigenvalue weighted by molar-refractivity contribution is 0.198. The van der Waals surface area contributed by atoms with E-state index in [1.54, 1.807) is 13.7 Å². The van der Waals surface area contributed by atoms with E-state index in [0.29, 0.717) is 38.7 Å². The first-order chi connectivity index (χ1) is 63.7. The molecule has 11 nitrogen and oxygen atoms in total. The molecule has 1 aliphatic rings. The second-order valence-electron chi connectivity index (χ2n) is 33.7. The van der Waals surface area contributed by atoms with E-state index < -0.39 is 11.6 Å². The monoisotopic (exact) mass is 1680 g/mol. The molecular formula is C117H80F2N10O. The fourth-order valence-electron chi connectivity index (χ4n) is 21.4. The highest BCUT2D eigenvalue weighted by atomic mass is 19.1. The minimum atomic E-state index is -0.823. The average Bonchev–Trinajstić information content (AvgIpc) is 1.50. The molecule has 0 spiro atoms. The van der Waals surface area contributed by atoms with Crippen LogP contribution in [-0.2, 0) is 4.74 Å². The lowest BCUT2D eigenvalue weighted by Crippen LogP contribution is -2.18. The van der Waals surface area contributed by atoms with Gasteiger partial charge in [0.25, 0.3) is 0 Å². The molecule has 0 amide bonds. The summed E-state index contributed by atoms with van der Waals surface area (Å²) in [6.45, 7) is 6.35. The quantitative estimate of drug-likeness (QED) is 0.152. The number of aryl methyl sites for hydroxylation is 2. The summed E-state index contributed by atoms with van der Waals surface area (Å²) in [7, 11) is 0. The van der Waals surface area contributed by atoms with Crippen LogP contribution in [0.3, 0.4) is 0 Å². The van der Waals surface area contributed by atoms with Crippen molar-refractivity contribution in [3.63, 3.8) is 0 Å². The predicted molar refractivity (Wildman–Crippen MR) is 533 cm³/mol. The smallest absolute Gasteiger partial charge is 0.175 e. The SMILES string of the molecule is C.C1CCOC1.Cc1ccc2c(c1)c1ccccc1n2-c1c(-n2c3ccccc3c3ccccc32)c(C#N)c(-n2c3ccccc3c3ccccc32)c(-n2c3ccccc3c3cc(C)ccc32)c1-n1c2ccccc2c2ccccc21.N#Cc1c(-n2c3ccccc3c3ccccc32)c(F)c(-n2c3ccccc3c3ccccc32)c(F)c1-n1c2ccccc2c2ccccc21. The summed E-state index contributed by atoms with van der Waals surface area (Å²) >= 11 is 0. The van der Waals surface area contributed by atoms with Gasteiger partial charge >= 0.3 is 0 Å². The Balaban J connectivity index is 0.000000146. The Morgan fingerprint density at radius 2 is 0.369 bits per heavy atom. The highest BCUT2D eigenvalue weighted by Gasteiger charge is 2.38. The Labute approximate surface area is 745 Å². The van der Waals surface area contributed by atoms with E-state index >= 15 is 8.78 Å². The Morgan fingerprint density at radius 3 is 0.569 bits per heavy atom. The van der Waals surface area contributed by atoms with E-state index in [-0.39, 0.29) is 30.1 Å². The minimum absolute atomic E-state index is 0. The zero-order chi connectivity index (χ0) is 86.0. The zero-order valence-electron chi connectivity index (χ0n) is 70.3. The summed E-state index contributed by atoms with van der Waals surface area (Å²) in [4.78, 5) is 0. The van der Waals surface area contributed by atoms with Crippen LogP contribution in [0, 0.1) is 48.1 Å². The maximum Gasteiger partial charge on any atom is 0.175 e. The number of para-hydroxylation sites is 14. The van der Waals surface area contributed by atoms with Crippen molar-refractivity contribution in [2.24, 2.45) is 0 Å². The first-order valence-corrected chi connectivity index (χ1v) is 43.8. The van der Waals surface area contributed by atoms with Gasteiger partial charge in [-0.3, -0.25) is 0 Å². The molecule has 0 aliphatic carbocycles. The molecule has 1 saturated heterocycles. The van der Waals surface area contributed by atoms with Crippen LogP contribution < -0.4 is 0 Å². The number of nitrogens with zero attached hydrogens (tertiary/aromatic N) is 10. The minimum Gasteiger partial charge on any atom is -0.381 e. The van der Waals surface area contributed by atoms with Crippen LogP contribution in [0.4, 0.5) is 8.78 Å². The lowest BCUT2D eigenvalue weighted by atomic mass is 10.0. The van der Waals surface area contributed by atoms with Crippen LogP contribution in [0.2, 0.25) is 0 Å². The largest absolute Gasteiger partial charge is 0.381 e. The van der Waals surface area contributed by atoms with Gasteiger partial charge in [-0.25, -0.2) is 8.78 Å². The van der Waals surface area contributed by atoms with Gasteiger partial charge in [0.15, 0.2) is 11.6 Å². The first kappa shape index (κ1) is 76.8. The van der Waals surface area contributed by atoms with Crippen molar-refractivity contribution in [2.75, 3.05) is 13.2 Å². The third kappa shape index (κ3) is 11.1. The number of aromatic nitrogens is 8. The summed E-state index contributed by atoms with van der Waals surface area (Å²) < 4.78 is 58.5. The number of nitriles is 2. The standard InChI is InChI=1S/C69H44N6.C43H24F2N4.C4H8O.CH4/c1-42-35-37-63-52(39-42)50-25-9-17-33-61(50)74(63)67-65(71-55-27-11-3-19-44(55)45-20-4-12-28-56(45)71)54(41-70)66(72-57-29-13-5-21-46(57)47-22-6-14-30-58(47)72)68(75-62-34-18-10-26-51(62)53-40-43(2)36-38-64(53)75)69(67)73-59-31-15-7-23-48(59)49-24-8-16-32-60(49)73;44-39-41(47-33-19-7-1-13-26(33)27-14-2-8-20-34(27)47)32(25-46)42(48-35-21-9-3-15-28(35)29-16-4-10-22-36(29)48)40(45)43(39)49-37-23-11-5-17-30(37)31-18-6-12-24-38(31)49;1-2-4-5-3-1;/h3-40H,1-2H3;1-24H;1-4H2;1H4. The molecule has 27 rings (SSSR count). The molecule has 1 fully saturated rings. The van der Waals surface area contributed by atoms with Crippen molar-refractivity contribution in [3.05, 3.63) is 410 Å². The van der Waals surface area contributed by atoms with E-state index in [4.69, 9.17) is 4.74 Å². The number of fused-ring (bicyclic) bond motifs is 24. The second-order valence-corrected chi connectivity index (χ2v) is 33.7. The van der Waals surface area contributed by atoms with Gasteiger partial charge in [-0.1, -0.05) is 285 Å². The number of hydrogen-bond donors (Lipinski definition) is 0. The lowest BCUT2D eigenvalue weighted by Gasteiger charge is -2.30. The van der Waals surface area contributed by atoms with Gasteiger partial charge < -0.3 is 41.3 Å². The molecule has 130 heavy (non-hydrogen) atoms. The molecule has 18 aromatic carbocycles. The average molecular weight is 1680 g/mol. The van der Waals surface area contributed by atoms with Crippen molar-refractivity contribution >= 4 is 174 Å². The molecule has 0 N–H and O–H groups in total. The Kier molecular flexibility index (Phi) is 17.8. The number of halogens is 2. The molecule has 618 valence electrons. The highest BCUT2D eigenvalue weighted by Crippen LogP contribution is 2.53. The first-order valence-electron chi connectivity index (χ1n) is 43.8. The molecule has 1 aliphatic heterocycles. The Hall–Kier alpha value is -16.8. The van der Waals surface area contributed by atoms with Gasteiger partial charge in [0.1, 0.15) is 40.3 Å². The van der Waals surface area contributed by atoms with E-state index in [2.05, 4.69) is 279 Å². The predicted octanol–water partition coefficient (Wildman–Crippen LogP) is 30.2. The maximum atomic E-state index is 18.0. The number of ether oxygens (including phenoxy) is 1. The zero-order valence-corrected chi connectivity index (χ0v) is 70.3. The molecule has 8 aromatic heterocycles. The molecule has 0 atom stereocenters. The van der Waals surface area contributed by atoms with E-state index in [1.165, 1.54) is 24.0 Å². The maximum absolute atomic E-state index is 18.0. The van der Waals surface area contributed by atoms with E-state index in [1.807, 2.05) is 146 Å². The molecule has 26 aromatic rings. The fraction of sp³-hybridized carbons (Fsp3) is 0.0598. The third-order valence-electron chi connectivity index (χ3n) is 26.7. The normalized spacial score (nSPS) is 12.4. The van der Waals surface area contributed by atoms with Crippen LogP contribution in [0.25, 0.3) is 220 Å². The van der Waals surface area contributed by atoms with Crippen LogP contribution in [0.1, 0.15) is 42.5 Å². The summed E-state index contributed by atoms with van der Waals surface area (Å²) in [6.07, 6.45) is 2.56. The van der Waals surface area contributed by atoms with Gasteiger partial charge in [-0.05, 0) is 136 Å². The van der Waals surface area contributed by atoms with Gasteiger partial charge in [-0.15, -0.1) is 0 Å². The van der Waals surface area contributed by atoms with Gasteiger partial charge in [0.2, 0.25) is 0 Å². The topological polar surface area (TPSA) is 96.2 Å². The number of rotatable bonds is 8. The van der Waals surface area contributed by atoms with Crippen molar-refractivity contribution in [1.82, 2.24) is 36.5 Å². The van der Waals surface area contributed by atoms with Crippen molar-refractivity contribution in [1.29, 1.82) is 10.5 Å². The van der Waals surface area contributed by atoms with Crippen molar-refractivity contribution in [3.8, 4) is 57.6 Å². The second kappa shape index (κ2) is 30.2. The Morgan fingerprint density at radius 1 is 0.208 bits per heavy atom. The highest BCUT2D eigenvalue weighted by molar-refractivity contribution is 6.20. The fourth-order valence-corrected chi connectivity index (χ4v) is 21.4. The number of benzene rings is 18. The van der Waals surface area contributed by atoms with Crippen LogP contribution in [0.15, 0.2) is 376 Å². The molecular weight excluding hydrogens is 1600 g/mol. The van der Waals surface area contributed by atoms with Crippen molar-refractivity contribution < 1.29 is 13.5 Å². The third-order valence-corrected chi connectivity index (χ3v) is 26.7. The molecule has 0 unspecified atom stereocenters. The summed E-state index contributed by atoms with van der Waals surface area (Å²) in [6, 6.07) is 135. The molecule has 0 saturated carbocycles. The van der Waals surface area contributed by atoms with Crippen molar-refractivity contribution in [2.45, 2.75) is 34.1 Å². The summed E-state index contributed by atoms with van der Waals surface area (Å²) in [5, 5.41) is 40.7. The number of hydrogen-bond acceptors (Lipinski definition) is 3. The van der Waals surface area contributed by atoms with Crippen LogP contribution in [-0.4, -0.2) is 49.8 Å². The summed E-state index contributed by atoms with van der Waals surface area (Å²) in [5.41, 5.74) is 21.3. The Bertz CT molecular complexity index is 8630. The molecule has 0 radical (unpaired) electrons. The van der Waals surface area contributed by atoms with Gasteiger partial charge in [0, 0.05) is 99.4 Å². The van der Waals surface area contributed by atoms with Crippen LogP contribution in [0.5, 0.6) is 0 Å². The molecule has 13 heteroatoms. The van der Waals surface area contributed by atoms with Crippen LogP contribution >= 0.6 is 0 Å². The van der Waals surface area contributed by atoms with Gasteiger partial charge in [-0.2, -0.15) is 10.5 Å². The summed E-state index contributed by atoms with van der Waals surface area (Å²) in [5.74, 6) is -1.65. The molecule has 0 bridgehead atoms. The van der Waals surface area contributed by atoms with E-state index in [9.17, 15) is 10.5 Å². The molecule has 9 heterocycles.